The molecule has 0 saturated carbocycles. The van der Waals surface area contributed by atoms with Gasteiger partial charge in [-0.25, -0.2) is 0 Å². The van der Waals surface area contributed by atoms with Gasteiger partial charge in [-0.3, -0.25) is 0 Å². The summed E-state index contributed by atoms with van der Waals surface area (Å²) in [7, 11) is 3.17. The van der Waals surface area contributed by atoms with Crippen molar-refractivity contribution in [3.63, 3.8) is 0 Å². The van der Waals surface area contributed by atoms with E-state index in [1.807, 2.05) is 32.0 Å². The summed E-state index contributed by atoms with van der Waals surface area (Å²) in [6, 6.07) is 12.4. The number of methoxy groups -OCH3 is 2. The van der Waals surface area contributed by atoms with Crippen molar-refractivity contribution in [1.29, 1.82) is 0 Å². The molecule has 0 aliphatic heterocycles. The first kappa shape index (κ1) is 15.9. The summed E-state index contributed by atoms with van der Waals surface area (Å²) in [6.45, 7) is 3.91. The van der Waals surface area contributed by atoms with E-state index < -0.39 is 11.4 Å². The molecular formula is C18H19O4-. The average molecular weight is 299 g/mol. The molecule has 2 aromatic rings. The Labute approximate surface area is 130 Å². The minimum Gasteiger partial charge on any atom is -0.545 e. The average Bonchev–Trinajstić information content (AvgIpc) is 2.54. The van der Waals surface area contributed by atoms with Gasteiger partial charge in [-0.2, -0.15) is 0 Å². The Bertz CT molecular complexity index is 689. The zero-order valence-electron chi connectivity index (χ0n) is 13.2. The molecule has 0 bridgehead atoms. The van der Waals surface area contributed by atoms with Crippen molar-refractivity contribution in [1.82, 2.24) is 0 Å². The van der Waals surface area contributed by atoms with Gasteiger partial charge in [-0.05, 0) is 11.6 Å². The Morgan fingerprint density at radius 2 is 1.68 bits per heavy atom. The monoisotopic (exact) mass is 299 g/mol. The maximum absolute atomic E-state index is 11.4. The van der Waals surface area contributed by atoms with Crippen LogP contribution in [-0.2, 0) is 5.41 Å². The van der Waals surface area contributed by atoms with Crippen LogP contribution in [0.3, 0.4) is 0 Å². The van der Waals surface area contributed by atoms with Crippen LogP contribution in [0.1, 0.15) is 35.3 Å². The number of aromatic carboxylic acids is 1. The van der Waals surface area contributed by atoms with Crippen LogP contribution in [0.2, 0.25) is 0 Å². The zero-order valence-corrected chi connectivity index (χ0v) is 13.2. The molecule has 0 heterocycles. The highest BCUT2D eigenvalue weighted by atomic mass is 16.5. The Morgan fingerprint density at radius 3 is 2.27 bits per heavy atom. The summed E-state index contributed by atoms with van der Waals surface area (Å²) < 4.78 is 10.7. The number of carbonyl (C=O) groups excluding carboxylic acids is 1. The maximum Gasteiger partial charge on any atom is 0.126 e. The van der Waals surface area contributed by atoms with Gasteiger partial charge in [0.15, 0.2) is 0 Å². The number of carboxylic acid groups (broad SMARTS) is 1. The van der Waals surface area contributed by atoms with Gasteiger partial charge in [0.25, 0.3) is 0 Å². The van der Waals surface area contributed by atoms with Gasteiger partial charge in [0.1, 0.15) is 11.5 Å². The van der Waals surface area contributed by atoms with Crippen LogP contribution in [-0.4, -0.2) is 20.2 Å². The van der Waals surface area contributed by atoms with Crippen LogP contribution in [0.25, 0.3) is 0 Å². The van der Waals surface area contributed by atoms with Crippen molar-refractivity contribution in [3.8, 4) is 11.5 Å². The van der Waals surface area contributed by atoms with E-state index >= 15 is 0 Å². The highest BCUT2D eigenvalue weighted by molar-refractivity contribution is 5.88. The number of benzene rings is 2. The minimum atomic E-state index is -1.18. The summed E-state index contributed by atoms with van der Waals surface area (Å²) in [5.74, 6) is 0.151. The van der Waals surface area contributed by atoms with Crippen molar-refractivity contribution in [3.05, 3.63) is 59.2 Å². The van der Waals surface area contributed by atoms with Gasteiger partial charge in [0.05, 0.1) is 20.2 Å². The molecule has 0 spiro atoms. The second kappa shape index (κ2) is 6.10. The lowest BCUT2D eigenvalue weighted by atomic mass is 9.75. The third-order valence-corrected chi connectivity index (χ3v) is 3.90. The SMILES string of the molecule is COc1ccc(C(C)(C)c2ccccc2C(=O)[O-])c(OC)c1. The number of hydrogen-bond donors (Lipinski definition) is 0. The van der Waals surface area contributed by atoms with E-state index in [1.54, 1.807) is 38.5 Å². The minimum absolute atomic E-state index is 0.186. The second-order valence-electron chi connectivity index (χ2n) is 5.52. The van der Waals surface area contributed by atoms with Crippen molar-refractivity contribution in [2.24, 2.45) is 0 Å². The molecule has 0 saturated heterocycles. The fraction of sp³-hybridized carbons (Fsp3) is 0.278. The first-order valence-electron chi connectivity index (χ1n) is 6.95. The molecule has 2 aromatic carbocycles. The topological polar surface area (TPSA) is 58.6 Å². The Hall–Kier alpha value is -2.49. The summed E-state index contributed by atoms with van der Waals surface area (Å²) in [5.41, 5.74) is 1.18. The Balaban J connectivity index is 2.63. The van der Waals surface area contributed by atoms with E-state index in [0.29, 0.717) is 17.1 Å². The molecule has 0 N–H and O–H groups in total. The summed E-state index contributed by atoms with van der Waals surface area (Å²) >= 11 is 0. The molecule has 0 radical (unpaired) electrons. The van der Waals surface area contributed by atoms with E-state index in [-0.39, 0.29) is 5.56 Å². The Kier molecular flexibility index (Phi) is 4.40. The number of ether oxygens (including phenoxy) is 2. The third kappa shape index (κ3) is 2.77. The number of carbonyl (C=O) groups is 1. The zero-order chi connectivity index (χ0) is 16.3. The van der Waals surface area contributed by atoms with E-state index in [9.17, 15) is 9.90 Å². The lowest BCUT2D eigenvalue weighted by molar-refractivity contribution is -0.255. The van der Waals surface area contributed by atoms with Gasteiger partial charge in [0, 0.05) is 22.6 Å². The molecule has 0 atom stereocenters. The molecule has 0 aromatic heterocycles. The van der Waals surface area contributed by atoms with Crippen LogP contribution in [0, 0.1) is 0 Å². The standard InChI is InChI=1S/C18H20O4/c1-18(2,14-8-6-5-7-13(14)17(19)20)15-10-9-12(21-3)11-16(15)22-4/h5-11H,1-4H3,(H,19,20)/p-1. The van der Waals surface area contributed by atoms with E-state index in [1.165, 1.54) is 0 Å². The number of rotatable bonds is 5. The molecule has 22 heavy (non-hydrogen) atoms. The third-order valence-electron chi connectivity index (χ3n) is 3.90. The first-order chi connectivity index (χ1) is 10.4. The lowest BCUT2D eigenvalue weighted by Gasteiger charge is -2.30. The first-order valence-corrected chi connectivity index (χ1v) is 6.95. The van der Waals surface area contributed by atoms with Crippen LogP contribution >= 0.6 is 0 Å². The molecule has 116 valence electrons. The van der Waals surface area contributed by atoms with Crippen LogP contribution in [0.4, 0.5) is 0 Å². The van der Waals surface area contributed by atoms with Crippen LogP contribution < -0.4 is 14.6 Å². The van der Waals surface area contributed by atoms with Crippen molar-refractivity contribution < 1.29 is 19.4 Å². The van der Waals surface area contributed by atoms with Crippen molar-refractivity contribution in [2.75, 3.05) is 14.2 Å². The van der Waals surface area contributed by atoms with E-state index in [2.05, 4.69) is 0 Å². The largest absolute Gasteiger partial charge is 0.545 e. The van der Waals surface area contributed by atoms with Crippen molar-refractivity contribution >= 4 is 5.97 Å². The van der Waals surface area contributed by atoms with Gasteiger partial charge < -0.3 is 19.4 Å². The van der Waals surface area contributed by atoms with Crippen LogP contribution in [0.15, 0.2) is 42.5 Å². The fourth-order valence-electron chi connectivity index (χ4n) is 2.67. The Morgan fingerprint density at radius 1 is 1.00 bits per heavy atom. The number of carboxylic acids is 1. The van der Waals surface area contributed by atoms with Gasteiger partial charge >= 0.3 is 0 Å². The van der Waals surface area contributed by atoms with Crippen molar-refractivity contribution in [2.45, 2.75) is 19.3 Å². The normalized spacial score (nSPS) is 11.1. The smallest absolute Gasteiger partial charge is 0.126 e. The summed E-state index contributed by atoms with van der Waals surface area (Å²) in [4.78, 5) is 11.4. The molecule has 0 unspecified atom stereocenters. The molecule has 0 amide bonds. The van der Waals surface area contributed by atoms with E-state index in [4.69, 9.17) is 9.47 Å². The molecule has 0 fully saturated rings. The second-order valence-corrected chi connectivity index (χ2v) is 5.52. The highest BCUT2D eigenvalue weighted by Gasteiger charge is 2.29. The summed E-state index contributed by atoms with van der Waals surface area (Å²) in [6.07, 6.45) is 0. The van der Waals surface area contributed by atoms with E-state index in [0.717, 1.165) is 5.56 Å². The molecule has 4 heteroatoms. The predicted octanol–water partition coefficient (Wildman–Crippen LogP) is 2.39. The molecule has 4 nitrogen and oxygen atoms in total. The maximum atomic E-state index is 11.4. The molecule has 0 aliphatic carbocycles. The highest BCUT2D eigenvalue weighted by Crippen LogP contribution is 2.40. The van der Waals surface area contributed by atoms with Crippen LogP contribution in [0.5, 0.6) is 11.5 Å². The summed E-state index contributed by atoms with van der Waals surface area (Å²) in [5, 5.41) is 11.4. The van der Waals surface area contributed by atoms with Gasteiger partial charge in [0.2, 0.25) is 0 Å². The van der Waals surface area contributed by atoms with Gasteiger partial charge in [-0.1, -0.05) is 44.2 Å². The lowest BCUT2D eigenvalue weighted by Crippen LogP contribution is -2.29. The molecular weight excluding hydrogens is 280 g/mol. The number of hydrogen-bond acceptors (Lipinski definition) is 4. The molecule has 0 aliphatic rings. The van der Waals surface area contributed by atoms with Gasteiger partial charge in [-0.15, -0.1) is 0 Å². The fourth-order valence-corrected chi connectivity index (χ4v) is 2.67. The predicted molar refractivity (Wildman–Crippen MR) is 82.4 cm³/mol. The molecule has 2 rings (SSSR count). The quantitative estimate of drug-likeness (QED) is 0.850.